The van der Waals surface area contributed by atoms with Gasteiger partial charge in [0.25, 0.3) is 0 Å². The molecule has 0 amide bonds. The molecular formula is C25H32N7O5P. The number of ether oxygens (including phenoxy) is 2. The van der Waals surface area contributed by atoms with E-state index in [0.717, 1.165) is 25.7 Å². The summed E-state index contributed by atoms with van der Waals surface area (Å²) in [4.78, 5) is 25.4. The Morgan fingerprint density at radius 1 is 1.32 bits per heavy atom. The molecule has 0 aliphatic heterocycles. The summed E-state index contributed by atoms with van der Waals surface area (Å²) >= 11 is 0. The van der Waals surface area contributed by atoms with Crippen molar-refractivity contribution in [3.05, 3.63) is 42.5 Å². The van der Waals surface area contributed by atoms with Gasteiger partial charge in [-0.3, -0.25) is 9.36 Å². The summed E-state index contributed by atoms with van der Waals surface area (Å²) in [6.45, 7) is 5.33. The van der Waals surface area contributed by atoms with Crippen molar-refractivity contribution in [2.45, 2.75) is 70.7 Å². The number of nitrogens with one attached hydrogen (secondary N) is 1. The Balaban J connectivity index is 1.49. The molecule has 38 heavy (non-hydrogen) atoms. The summed E-state index contributed by atoms with van der Waals surface area (Å²) in [7, 11) is -3.84. The summed E-state index contributed by atoms with van der Waals surface area (Å²) in [5, 5.41) is 12.1. The van der Waals surface area contributed by atoms with Gasteiger partial charge in [0.2, 0.25) is 0 Å². The minimum Gasteiger partial charge on any atom is -0.461 e. The second-order valence-electron chi connectivity index (χ2n) is 9.89. The number of fused-ring (bicyclic) bond motifs is 1. The van der Waals surface area contributed by atoms with Crippen LogP contribution in [0.25, 0.3) is 11.2 Å². The molecule has 2 heterocycles. The van der Waals surface area contributed by atoms with Crippen molar-refractivity contribution in [3.8, 4) is 11.8 Å². The summed E-state index contributed by atoms with van der Waals surface area (Å²) in [6, 6.07) is 8.33. The van der Waals surface area contributed by atoms with Gasteiger partial charge >= 0.3 is 13.5 Å². The number of hydrogen-bond donors (Lipinski definition) is 2. The van der Waals surface area contributed by atoms with E-state index in [2.05, 4.69) is 20.0 Å². The Labute approximate surface area is 221 Å². The summed E-state index contributed by atoms with van der Waals surface area (Å²) < 4.78 is 33.4. The van der Waals surface area contributed by atoms with Crippen molar-refractivity contribution in [1.82, 2.24) is 24.6 Å². The maximum absolute atomic E-state index is 14.1. The third kappa shape index (κ3) is 6.67. The molecule has 2 atom stereocenters. The number of anilines is 1. The van der Waals surface area contributed by atoms with E-state index in [0.29, 0.717) is 23.3 Å². The van der Waals surface area contributed by atoms with Crippen LogP contribution in [-0.2, 0) is 25.4 Å². The van der Waals surface area contributed by atoms with E-state index in [1.54, 1.807) is 49.9 Å². The number of rotatable bonds is 11. The van der Waals surface area contributed by atoms with Gasteiger partial charge in [-0.2, -0.15) is 5.26 Å². The molecular weight excluding hydrogens is 509 g/mol. The lowest BCUT2D eigenvalue weighted by Gasteiger charge is -2.31. The number of nitrogens with two attached hydrogens (primary N) is 1. The zero-order valence-corrected chi connectivity index (χ0v) is 22.6. The number of carbonyl (C=O) groups excluding carboxylic acids is 1. The highest BCUT2D eigenvalue weighted by Gasteiger charge is 2.40. The third-order valence-corrected chi connectivity index (χ3v) is 8.06. The van der Waals surface area contributed by atoms with Crippen LogP contribution in [0.2, 0.25) is 0 Å². The number of benzene rings is 1. The number of esters is 1. The third-order valence-electron chi connectivity index (χ3n) is 6.16. The first-order valence-corrected chi connectivity index (χ1v) is 14.2. The Morgan fingerprint density at radius 2 is 2.08 bits per heavy atom. The molecule has 0 saturated heterocycles. The standard InChI is InChI=1S/C25H32N7O5P/c1-17(13-32-15-30-21-22(27)28-14-29-23(21)32)35-16-38(34,37-20-10-6-7-18(11-20)12-26)31-25(2,3)24(33)36-19-8-4-5-9-19/h6-7,10-11,14-15,17,19H,4-5,8-9,13,16H2,1-3H3,(H,31,34)(H2,27,28,29)/t17-,38?/m1/s1. The second-order valence-corrected chi connectivity index (χ2v) is 11.9. The highest BCUT2D eigenvalue weighted by Crippen LogP contribution is 2.46. The van der Waals surface area contributed by atoms with Gasteiger partial charge in [0.05, 0.1) is 30.6 Å². The highest BCUT2D eigenvalue weighted by molar-refractivity contribution is 7.57. The van der Waals surface area contributed by atoms with Crippen LogP contribution < -0.4 is 15.3 Å². The summed E-state index contributed by atoms with van der Waals surface area (Å²) in [6.07, 6.45) is 5.66. The van der Waals surface area contributed by atoms with Gasteiger partial charge in [0.15, 0.2) is 11.5 Å². The lowest BCUT2D eigenvalue weighted by Crippen LogP contribution is -2.48. The van der Waals surface area contributed by atoms with E-state index in [4.69, 9.17) is 19.7 Å². The van der Waals surface area contributed by atoms with Crippen LogP contribution in [0.1, 0.15) is 52.0 Å². The minimum atomic E-state index is -3.84. The number of imidazole rings is 1. The SMILES string of the molecule is C[C@H](Cn1cnc2c(N)ncnc21)OCP(=O)(NC(C)(C)C(=O)OC1CCCC1)Oc1cccc(C#N)c1. The van der Waals surface area contributed by atoms with E-state index < -0.39 is 25.1 Å². The number of carbonyl (C=O) groups is 1. The predicted molar refractivity (Wildman–Crippen MR) is 140 cm³/mol. The lowest BCUT2D eigenvalue weighted by molar-refractivity contribution is -0.154. The van der Waals surface area contributed by atoms with Crippen molar-refractivity contribution in [2.24, 2.45) is 0 Å². The molecule has 1 unspecified atom stereocenters. The molecule has 2 aromatic heterocycles. The molecule has 4 rings (SSSR count). The van der Waals surface area contributed by atoms with Crippen molar-refractivity contribution in [1.29, 1.82) is 5.26 Å². The molecule has 0 bridgehead atoms. The number of aromatic nitrogens is 4. The average Bonchev–Trinajstić information content (AvgIpc) is 3.53. The van der Waals surface area contributed by atoms with Crippen molar-refractivity contribution in [2.75, 3.05) is 12.1 Å². The van der Waals surface area contributed by atoms with Gasteiger partial charge in [0, 0.05) is 0 Å². The van der Waals surface area contributed by atoms with Gasteiger partial charge in [-0.15, -0.1) is 0 Å². The first kappa shape index (κ1) is 27.5. The number of hydrogen-bond acceptors (Lipinski definition) is 10. The number of nitriles is 1. The Kier molecular flexibility index (Phi) is 8.31. The van der Waals surface area contributed by atoms with E-state index in [9.17, 15) is 14.6 Å². The molecule has 1 aliphatic carbocycles. The van der Waals surface area contributed by atoms with Crippen LogP contribution in [-0.4, -0.2) is 49.6 Å². The van der Waals surface area contributed by atoms with Crippen LogP contribution in [0.15, 0.2) is 36.9 Å². The first-order chi connectivity index (χ1) is 18.1. The van der Waals surface area contributed by atoms with Crippen molar-refractivity contribution in [3.63, 3.8) is 0 Å². The van der Waals surface area contributed by atoms with Gasteiger partial charge < -0.3 is 24.3 Å². The molecule has 1 saturated carbocycles. The second kappa shape index (κ2) is 11.5. The van der Waals surface area contributed by atoms with Crippen LogP contribution >= 0.6 is 7.52 Å². The minimum absolute atomic E-state index is 0.143. The fourth-order valence-electron chi connectivity index (χ4n) is 4.24. The van der Waals surface area contributed by atoms with Gasteiger partial charge in [-0.25, -0.2) is 20.0 Å². The maximum Gasteiger partial charge on any atom is 0.342 e. The van der Waals surface area contributed by atoms with E-state index >= 15 is 0 Å². The zero-order valence-electron chi connectivity index (χ0n) is 21.7. The predicted octanol–water partition coefficient (Wildman–Crippen LogP) is 3.77. The van der Waals surface area contributed by atoms with E-state index in [-0.39, 0.29) is 24.0 Å². The quantitative estimate of drug-likeness (QED) is 0.268. The van der Waals surface area contributed by atoms with Gasteiger partial charge in [-0.1, -0.05) is 6.07 Å². The zero-order chi connectivity index (χ0) is 27.3. The molecule has 3 aromatic rings. The molecule has 12 nitrogen and oxygen atoms in total. The molecule has 0 radical (unpaired) electrons. The molecule has 202 valence electrons. The van der Waals surface area contributed by atoms with Crippen LogP contribution in [0.5, 0.6) is 5.75 Å². The number of nitrogen functional groups attached to an aromatic ring is 1. The van der Waals surface area contributed by atoms with Crippen molar-refractivity contribution < 1.29 is 23.4 Å². The molecule has 1 aliphatic rings. The van der Waals surface area contributed by atoms with Crippen LogP contribution in [0, 0.1) is 11.3 Å². The highest BCUT2D eigenvalue weighted by atomic mass is 31.2. The largest absolute Gasteiger partial charge is 0.461 e. The fourth-order valence-corrected chi connectivity index (χ4v) is 6.25. The molecule has 1 fully saturated rings. The van der Waals surface area contributed by atoms with Crippen molar-refractivity contribution >= 4 is 30.5 Å². The monoisotopic (exact) mass is 541 g/mol. The van der Waals surface area contributed by atoms with Crippen LogP contribution in [0.3, 0.4) is 0 Å². The van der Waals surface area contributed by atoms with Crippen LogP contribution in [0.4, 0.5) is 5.82 Å². The Morgan fingerprint density at radius 3 is 2.82 bits per heavy atom. The van der Waals surface area contributed by atoms with E-state index in [1.165, 1.54) is 12.4 Å². The first-order valence-electron chi connectivity index (χ1n) is 12.4. The molecule has 3 N–H and O–H groups in total. The smallest absolute Gasteiger partial charge is 0.342 e. The lowest BCUT2D eigenvalue weighted by atomic mass is 10.1. The average molecular weight is 542 g/mol. The molecule has 0 spiro atoms. The van der Waals surface area contributed by atoms with E-state index in [1.807, 2.05) is 6.07 Å². The molecule has 1 aromatic carbocycles. The maximum atomic E-state index is 14.1. The topological polar surface area (TPSA) is 167 Å². The Hall–Kier alpha value is -3.52. The molecule has 13 heteroatoms. The fraction of sp³-hybridized carbons (Fsp3) is 0.480. The van der Waals surface area contributed by atoms with Gasteiger partial charge in [0.1, 0.15) is 35.6 Å². The Bertz CT molecular complexity index is 1380. The number of nitrogens with zero attached hydrogens (tertiary/aromatic N) is 5. The normalized spacial score (nSPS) is 16.6. The summed E-state index contributed by atoms with van der Waals surface area (Å²) in [5.74, 6) is -0.0335. The summed E-state index contributed by atoms with van der Waals surface area (Å²) in [5.41, 5.74) is 5.92. The van der Waals surface area contributed by atoms with Gasteiger partial charge in [-0.05, 0) is 64.7 Å².